The molecule has 0 bridgehead atoms. The number of amides is 2. The van der Waals surface area contributed by atoms with Crippen molar-refractivity contribution in [1.82, 2.24) is 0 Å². The van der Waals surface area contributed by atoms with Crippen LogP contribution in [0, 0.1) is 5.82 Å². The molecule has 2 amide bonds. The van der Waals surface area contributed by atoms with E-state index < -0.39 is 0 Å². The van der Waals surface area contributed by atoms with Gasteiger partial charge in [-0.1, -0.05) is 36.4 Å². The van der Waals surface area contributed by atoms with Crippen LogP contribution in [-0.2, 0) is 9.59 Å². The van der Waals surface area contributed by atoms with Crippen molar-refractivity contribution in [1.29, 1.82) is 0 Å². The highest BCUT2D eigenvalue weighted by Gasteiger charge is 2.37. The van der Waals surface area contributed by atoms with Crippen LogP contribution in [0.3, 0.4) is 0 Å². The van der Waals surface area contributed by atoms with Crippen LogP contribution in [0.4, 0.5) is 15.8 Å². The summed E-state index contributed by atoms with van der Waals surface area (Å²) in [6.45, 7) is 3.38. The number of hydrogen-bond donors (Lipinski definition) is 0. The zero-order valence-electron chi connectivity index (χ0n) is 18.1. The van der Waals surface area contributed by atoms with Gasteiger partial charge in [0.2, 0.25) is 5.91 Å². The number of carbonyl (C=O) groups excluding carboxylic acids is 2. The molecule has 0 fully saturated rings. The van der Waals surface area contributed by atoms with E-state index in [1.807, 2.05) is 61.5 Å². The summed E-state index contributed by atoms with van der Waals surface area (Å²) in [7, 11) is 0. The first-order valence-electron chi connectivity index (χ1n) is 10.6. The average Bonchev–Trinajstić information content (AvgIpc) is 2.79. The van der Waals surface area contributed by atoms with Gasteiger partial charge in [0.15, 0.2) is 6.61 Å². The summed E-state index contributed by atoms with van der Waals surface area (Å²) in [6.07, 6.45) is 0.591. The number of para-hydroxylation sites is 2. The number of nitrogens with zero attached hydrogens (tertiary/aromatic N) is 2. The molecule has 0 aliphatic carbocycles. The van der Waals surface area contributed by atoms with Crippen molar-refractivity contribution in [2.24, 2.45) is 0 Å². The Labute approximate surface area is 187 Å². The van der Waals surface area contributed by atoms with Crippen LogP contribution in [0.15, 0.2) is 78.9 Å². The van der Waals surface area contributed by atoms with Crippen LogP contribution >= 0.6 is 0 Å². The highest BCUT2D eigenvalue weighted by atomic mass is 19.1. The zero-order valence-corrected chi connectivity index (χ0v) is 18.1. The van der Waals surface area contributed by atoms with E-state index in [2.05, 4.69) is 0 Å². The summed E-state index contributed by atoms with van der Waals surface area (Å²) in [5, 5.41) is 0. The van der Waals surface area contributed by atoms with E-state index in [-0.39, 0.29) is 36.3 Å². The van der Waals surface area contributed by atoms with Crippen molar-refractivity contribution < 1.29 is 18.7 Å². The summed E-state index contributed by atoms with van der Waals surface area (Å²) in [4.78, 5) is 29.3. The lowest BCUT2D eigenvalue weighted by Crippen LogP contribution is -2.48. The third-order valence-electron chi connectivity index (χ3n) is 5.69. The Bertz CT molecular complexity index is 1100. The molecule has 32 heavy (non-hydrogen) atoms. The van der Waals surface area contributed by atoms with Crippen molar-refractivity contribution in [2.75, 3.05) is 16.4 Å². The monoisotopic (exact) mass is 432 g/mol. The molecule has 1 heterocycles. The van der Waals surface area contributed by atoms with E-state index in [1.165, 1.54) is 24.3 Å². The second-order valence-electron chi connectivity index (χ2n) is 7.89. The second-order valence-corrected chi connectivity index (χ2v) is 7.89. The molecule has 0 N–H and O–H groups in total. The van der Waals surface area contributed by atoms with E-state index in [9.17, 15) is 14.0 Å². The SMILES string of the molecule is CC(=O)N(c1ccccc1)C1CC(C)N(C(=O)COc2ccc(F)cc2)c2ccccc21. The summed E-state index contributed by atoms with van der Waals surface area (Å²) in [6, 6.07) is 22.5. The third kappa shape index (κ3) is 4.35. The lowest BCUT2D eigenvalue weighted by molar-refractivity contribution is -0.121. The quantitative estimate of drug-likeness (QED) is 0.562. The topological polar surface area (TPSA) is 49.9 Å². The maximum atomic E-state index is 13.1. The Morgan fingerprint density at radius 1 is 1.00 bits per heavy atom. The number of benzene rings is 3. The van der Waals surface area contributed by atoms with Gasteiger partial charge in [0.05, 0.1) is 6.04 Å². The molecule has 0 spiro atoms. The molecular weight excluding hydrogens is 407 g/mol. The number of fused-ring (bicyclic) bond motifs is 1. The Morgan fingerprint density at radius 2 is 1.66 bits per heavy atom. The Balaban J connectivity index is 1.62. The Kier molecular flexibility index (Phi) is 6.21. The molecular formula is C26H25FN2O3. The van der Waals surface area contributed by atoms with Gasteiger partial charge in [-0.25, -0.2) is 4.39 Å². The summed E-state index contributed by atoms with van der Waals surface area (Å²) in [5.41, 5.74) is 2.51. The number of carbonyl (C=O) groups is 2. The van der Waals surface area contributed by atoms with Gasteiger partial charge in [0.1, 0.15) is 11.6 Å². The van der Waals surface area contributed by atoms with Crippen molar-refractivity contribution in [3.05, 3.63) is 90.2 Å². The summed E-state index contributed by atoms with van der Waals surface area (Å²) >= 11 is 0. The van der Waals surface area contributed by atoms with Crippen LogP contribution in [-0.4, -0.2) is 24.5 Å². The van der Waals surface area contributed by atoms with Crippen molar-refractivity contribution in [3.8, 4) is 5.75 Å². The molecule has 2 unspecified atom stereocenters. The largest absolute Gasteiger partial charge is 0.484 e. The van der Waals surface area contributed by atoms with Gasteiger partial charge in [0.25, 0.3) is 5.91 Å². The minimum absolute atomic E-state index is 0.0531. The van der Waals surface area contributed by atoms with Crippen LogP contribution in [0.2, 0.25) is 0 Å². The van der Waals surface area contributed by atoms with Crippen LogP contribution in [0.1, 0.15) is 31.9 Å². The first kappa shape index (κ1) is 21.6. The molecule has 1 aliphatic rings. The normalized spacial score (nSPS) is 17.4. The van der Waals surface area contributed by atoms with Crippen LogP contribution in [0.5, 0.6) is 5.75 Å². The van der Waals surface area contributed by atoms with E-state index in [0.717, 1.165) is 16.9 Å². The van der Waals surface area contributed by atoms with E-state index >= 15 is 0 Å². The van der Waals surface area contributed by atoms with Gasteiger partial charge >= 0.3 is 0 Å². The average molecular weight is 432 g/mol. The molecule has 0 saturated heterocycles. The van der Waals surface area contributed by atoms with Crippen molar-refractivity contribution in [3.63, 3.8) is 0 Å². The fraction of sp³-hybridized carbons (Fsp3) is 0.231. The first-order chi connectivity index (χ1) is 15.5. The van der Waals surface area contributed by atoms with Gasteiger partial charge in [-0.15, -0.1) is 0 Å². The van der Waals surface area contributed by atoms with E-state index in [4.69, 9.17) is 4.74 Å². The predicted molar refractivity (Wildman–Crippen MR) is 122 cm³/mol. The zero-order chi connectivity index (χ0) is 22.7. The Hall–Kier alpha value is -3.67. The van der Waals surface area contributed by atoms with Crippen molar-refractivity contribution >= 4 is 23.2 Å². The molecule has 4 rings (SSSR count). The number of rotatable bonds is 5. The molecule has 1 aliphatic heterocycles. The maximum absolute atomic E-state index is 13.1. The highest BCUT2D eigenvalue weighted by Crippen LogP contribution is 2.42. The van der Waals surface area contributed by atoms with Crippen LogP contribution in [0.25, 0.3) is 0 Å². The molecule has 5 nitrogen and oxygen atoms in total. The predicted octanol–water partition coefficient (Wildman–Crippen LogP) is 5.12. The number of ether oxygens (including phenoxy) is 1. The lowest BCUT2D eigenvalue weighted by atomic mass is 9.90. The van der Waals surface area contributed by atoms with Gasteiger partial charge in [-0.05, 0) is 61.4 Å². The lowest BCUT2D eigenvalue weighted by Gasteiger charge is -2.43. The minimum Gasteiger partial charge on any atom is -0.484 e. The summed E-state index contributed by atoms with van der Waals surface area (Å²) < 4.78 is 18.7. The van der Waals surface area contributed by atoms with E-state index in [1.54, 1.807) is 16.7 Å². The van der Waals surface area contributed by atoms with Gasteiger partial charge in [0, 0.05) is 24.3 Å². The van der Waals surface area contributed by atoms with Crippen LogP contribution < -0.4 is 14.5 Å². The molecule has 2 atom stereocenters. The summed E-state index contributed by atoms with van der Waals surface area (Å²) in [5.74, 6) is -0.173. The minimum atomic E-state index is -0.359. The third-order valence-corrected chi connectivity index (χ3v) is 5.69. The van der Waals surface area contributed by atoms with Gasteiger partial charge < -0.3 is 14.5 Å². The van der Waals surface area contributed by atoms with Crippen molar-refractivity contribution in [2.45, 2.75) is 32.4 Å². The smallest absolute Gasteiger partial charge is 0.265 e. The van der Waals surface area contributed by atoms with E-state index in [0.29, 0.717) is 12.2 Å². The molecule has 0 saturated carbocycles. The fourth-order valence-electron chi connectivity index (χ4n) is 4.32. The van der Waals surface area contributed by atoms with Gasteiger partial charge in [-0.2, -0.15) is 0 Å². The molecule has 164 valence electrons. The number of hydrogen-bond acceptors (Lipinski definition) is 3. The highest BCUT2D eigenvalue weighted by molar-refractivity contribution is 5.98. The molecule has 0 radical (unpaired) electrons. The number of anilines is 2. The first-order valence-corrected chi connectivity index (χ1v) is 10.6. The molecule has 0 aromatic heterocycles. The molecule has 6 heteroatoms. The Morgan fingerprint density at radius 3 is 2.34 bits per heavy atom. The van der Waals surface area contributed by atoms with Gasteiger partial charge in [-0.3, -0.25) is 9.59 Å². The molecule has 3 aromatic rings. The standard InChI is InChI=1S/C26H25FN2O3/c1-18-16-25(29(19(2)30)21-8-4-3-5-9-21)23-10-6-7-11-24(23)28(18)26(31)17-32-22-14-12-20(27)13-15-22/h3-15,18,25H,16-17H2,1-2H3. The maximum Gasteiger partial charge on any atom is 0.265 e. The number of halogens is 1. The second kappa shape index (κ2) is 9.22. The fourth-order valence-corrected chi connectivity index (χ4v) is 4.32. The molecule has 3 aromatic carbocycles.